The Labute approximate surface area is 209 Å². The number of rotatable bonds is 11. The minimum Gasteiger partial charge on any atom is -0.322 e. The third-order valence-corrected chi connectivity index (χ3v) is 9.10. The zero-order valence-corrected chi connectivity index (χ0v) is 22.1. The number of hydrogen-bond donors (Lipinski definition) is 1. The van der Waals surface area contributed by atoms with Crippen LogP contribution in [-0.4, -0.2) is 43.7 Å². The van der Waals surface area contributed by atoms with Gasteiger partial charge in [-0.15, -0.1) is 0 Å². The highest BCUT2D eigenvalue weighted by Crippen LogP contribution is 2.34. The number of pyridine rings is 1. The van der Waals surface area contributed by atoms with E-state index in [9.17, 15) is 13.2 Å². The summed E-state index contributed by atoms with van der Waals surface area (Å²) >= 11 is 6.55. The molecule has 1 fully saturated rings. The first-order valence-corrected chi connectivity index (χ1v) is 14.5. The fraction of sp³-hybridized carbons (Fsp3) is 0.519. The molecule has 1 heterocycles. The summed E-state index contributed by atoms with van der Waals surface area (Å²) in [7, 11) is -3.48. The molecular formula is C27H37ClN2O3S. The molecule has 0 atom stereocenters. The van der Waals surface area contributed by atoms with Crippen LogP contribution >= 0.6 is 11.6 Å². The summed E-state index contributed by atoms with van der Waals surface area (Å²) < 4.78 is 26.0. The first-order chi connectivity index (χ1) is 16.3. The van der Waals surface area contributed by atoms with Crippen molar-refractivity contribution in [2.24, 2.45) is 5.92 Å². The standard InChI is InChI=1S/C27H37ClN2O3S/c1-4-21-12-14-25(29-27(21)31)23(18-20-10-7-8-11-20)22-13-15-26(24(28)19-22)34(32,33)17-9-16-30(5-2)6-3/h12-15,18-20H,4-11,16-17H2,1-3H3,(H,29,31)/b23-18-. The summed E-state index contributed by atoms with van der Waals surface area (Å²) in [5, 5.41) is 0.227. The summed E-state index contributed by atoms with van der Waals surface area (Å²) in [6.45, 7) is 8.67. The van der Waals surface area contributed by atoms with E-state index in [2.05, 4.69) is 29.8 Å². The summed E-state index contributed by atoms with van der Waals surface area (Å²) in [6, 6.07) is 8.97. The van der Waals surface area contributed by atoms with Gasteiger partial charge in [0.2, 0.25) is 0 Å². The molecule has 0 aliphatic heterocycles. The van der Waals surface area contributed by atoms with Crippen LogP contribution < -0.4 is 5.56 Å². The molecule has 1 aliphatic carbocycles. The molecular weight excluding hydrogens is 468 g/mol. The van der Waals surface area contributed by atoms with E-state index in [-0.39, 0.29) is 21.2 Å². The van der Waals surface area contributed by atoms with Gasteiger partial charge < -0.3 is 9.88 Å². The zero-order valence-electron chi connectivity index (χ0n) is 20.6. The predicted octanol–water partition coefficient (Wildman–Crippen LogP) is 5.72. The number of halogens is 1. The fourth-order valence-electron chi connectivity index (χ4n) is 4.69. The van der Waals surface area contributed by atoms with Crippen molar-refractivity contribution in [3.05, 3.63) is 68.6 Å². The van der Waals surface area contributed by atoms with Crippen LogP contribution in [0.1, 0.15) is 69.7 Å². The van der Waals surface area contributed by atoms with Gasteiger partial charge in [0.1, 0.15) is 0 Å². The Bertz CT molecular complexity index is 1160. The van der Waals surface area contributed by atoms with Crippen molar-refractivity contribution in [2.45, 2.75) is 64.2 Å². The molecule has 3 rings (SSSR count). The molecule has 34 heavy (non-hydrogen) atoms. The highest BCUT2D eigenvalue weighted by atomic mass is 35.5. The van der Waals surface area contributed by atoms with Crippen molar-refractivity contribution >= 4 is 27.0 Å². The molecule has 5 nitrogen and oxygen atoms in total. The fourth-order valence-corrected chi connectivity index (χ4v) is 6.58. The van der Waals surface area contributed by atoms with Crippen LogP contribution in [0.2, 0.25) is 5.02 Å². The summed E-state index contributed by atoms with van der Waals surface area (Å²) in [6.07, 6.45) is 8.09. The smallest absolute Gasteiger partial charge is 0.251 e. The number of hydrogen-bond acceptors (Lipinski definition) is 4. The van der Waals surface area contributed by atoms with Crippen LogP contribution in [0, 0.1) is 5.92 Å². The zero-order chi connectivity index (χ0) is 24.7. The molecule has 1 saturated carbocycles. The van der Waals surface area contributed by atoms with Gasteiger partial charge in [0, 0.05) is 16.8 Å². The second-order valence-corrected chi connectivity index (χ2v) is 11.5. The Morgan fingerprint density at radius 1 is 1.12 bits per heavy atom. The van der Waals surface area contributed by atoms with Gasteiger partial charge in [0.05, 0.1) is 15.7 Å². The lowest BCUT2D eigenvalue weighted by Crippen LogP contribution is -2.25. The summed E-state index contributed by atoms with van der Waals surface area (Å²) in [5.41, 5.74) is 3.11. The van der Waals surface area contributed by atoms with Gasteiger partial charge in [-0.25, -0.2) is 8.42 Å². The first-order valence-electron chi connectivity index (χ1n) is 12.5. The van der Waals surface area contributed by atoms with Gasteiger partial charge in [-0.05, 0) is 75.0 Å². The molecule has 0 amide bonds. The number of allylic oxidation sites excluding steroid dienone is 1. The maximum atomic E-state index is 13.0. The van der Waals surface area contributed by atoms with Crippen molar-refractivity contribution in [1.29, 1.82) is 0 Å². The second kappa shape index (κ2) is 12.2. The molecule has 0 spiro atoms. The quantitative estimate of drug-likeness (QED) is 0.425. The lowest BCUT2D eigenvalue weighted by atomic mass is 9.95. The minimum atomic E-state index is -3.48. The molecule has 0 radical (unpaired) electrons. The third kappa shape index (κ3) is 6.61. The average Bonchev–Trinajstić information content (AvgIpc) is 3.33. The van der Waals surface area contributed by atoms with Gasteiger partial charge in [-0.1, -0.05) is 63.4 Å². The second-order valence-electron chi connectivity index (χ2n) is 9.05. The SMILES string of the molecule is CCc1ccc(/C(=C\C2CCCC2)c2ccc(S(=O)(=O)CCCN(CC)CC)c(Cl)c2)[nH]c1=O. The van der Waals surface area contributed by atoms with E-state index in [0.717, 1.165) is 54.9 Å². The average molecular weight is 505 g/mol. The largest absolute Gasteiger partial charge is 0.322 e. The van der Waals surface area contributed by atoms with Crippen LogP contribution in [0.5, 0.6) is 0 Å². The Morgan fingerprint density at radius 3 is 2.41 bits per heavy atom. The predicted molar refractivity (Wildman–Crippen MR) is 141 cm³/mol. The normalized spacial score (nSPS) is 15.4. The van der Waals surface area contributed by atoms with Crippen LogP contribution in [0.25, 0.3) is 5.57 Å². The van der Waals surface area contributed by atoms with Gasteiger partial charge in [0.15, 0.2) is 9.84 Å². The number of aromatic nitrogens is 1. The minimum absolute atomic E-state index is 0.0686. The van der Waals surface area contributed by atoms with Crippen LogP contribution in [0.4, 0.5) is 0 Å². The molecule has 0 bridgehead atoms. The topological polar surface area (TPSA) is 70.2 Å². The highest BCUT2D eigenvalue weighted by molar-refractivity contribution is 7.91. The van der Waals surface area contributed by atoms with E-state index >= 15 is 0 Å². The van der Waals surface area contributed by atoms with Crippen LogP contribution in [-0.2, 0) is 16.3 Å². The van der Waals surface area contributed by atoms with Gasteiger partial charge in [0.25, 0.3) is 5.56 Å². The Balaban J connectivity index is 1.92. The number of nitrogens with zero attached hydrogens (tertiary/aromatic N) is 1. The molecule has 1 aliphatic rings. The number of nitrogens with one attached hydrogen (secondary N) is 1. The molecule has 0 unspecified atom stereocenters. The van der Waals surface area contributed by atoms with Crippen molar-refractivity contribution in [3.8, 4) is 0 Å². The van der Waals surface area contributed by atoms with Crippen molar-refractivity contribution in [1.82, 2.24) is 9.88 Å². The molecule has 1 N–H and O–H groups in total. The van der Waals surface area contributed by atoms with E-state index in [1.807, 2.05) is 25.1 Å². The summed E-state index contributed by atoms with van der Waals surface area (Å²) in [5.74, 6) is 0.505. The number of H-pyrrole nitrogens is 1. The monoisotopic (exact) mass is 504 g/mol. The van der Waals surface area contributed by atoms with E-state index in [1.54, 1.807) is 12.1 Å². The Kier molecular flexibility index (Phi) is 9.57. The maximum absolute atomic E-state index is 13.0. The maximum Gasteiger partial charge on any atom is 0.251 e. The van der Waals surface area contributed by atoms with E-state index < -0.39 is 9.84 Å². The Morgan fingerprint density at radius 2 is 1.82 bits per heavy atom. The van der Waals surface area contributed by atoms with Crippen molar-refractivity contribution < 1.29 is 8.42 Å². The van der Waals surface area contributed by atoms with E-state index in [0.29, 0.717) is 18.8 Å². The Hall–Kier alpha value is -1.89. The lowest BCUT2D eigenvalue weighted by molar-refractivity contribution is 0.305. The van der Waals surface area contributed by atoms with Crippen molar-refractivity contribution in [3.63, 3.8) is 0 Å². The number of sulfone groups is 1. The summed E-state index contributed by atoms with van der Waals surface area (Å²) in [4.78, 5) is 17.9. The molecule has 1 aromatic heterocycles. The van der Waals surface area contributed by atoms with E-state index in [1.165, 1.54) is 12.8 Å². The van der Waals surface area contributed by atoms with Crippen LogP contribution in [0.15, 0.2) is 46.1 Å². The van der Waals surface area contributed by atoms with E-state index in [4.69, 9.17) is 11.6 Å². The number of aromatic amines is 1. The van der Waals surface area contributed by atoms with Crippen LogP contribution in [0.3, 0.4) is 0 Å². The molecule has 0 saturated heterocycles. The highest BCUT2D eigenvalue weighted by Gasteiger charge is 2.21. The third-order valence-electron chi connectivity index (χ3n) is 6.82. The molecule has 7 heteroatoms. The molecule has 2 aromatic rings. The van der Waals surface area contributed by atoms with Gasteiger partial charge >= 0.3 is 0 Å². The van der Waals surface area contributed by atoms with Crippen molar-refractivity contribution in [2.75, 3.05) is 25.4 Å². The first kappa shape index (κ1) is 26.7. The number of aryl methyl sites for hydroxylation is 1. The lowest BCUT2D eigenvalue weighted by Gasteiger charge is -2.18. The molecule has 186 valence electrons. The van der Waals surface area contributed by atoms with Gasteiger partial charge in [-0.3, -0.25) is 4.79 Å². The number of benzene rings is 1. The van der Waals surface area contributed by atoms with Gasteiger partial charge in [-0.2, -0.15) is 0 Å². The molecule has 1 aromatic carbocycles.